The van der Waals surface area contributed by atoms with Crippen LogP contribution in [-0.4, -0.2) is 5.33 Å². The monoisotopic (exact) mass is 432 g/mol. The quantitative estimate of drug-likeness (QED) is 0.574. The Morgan fingerprint density at radius 1 is 1.23 bits per heavy atom. The highest BCUT2D eigenvalue weighted by molar-refractivity contribution is 9.24. The van der Waals surface area contributed by atoms with E-state index in [1.54, 1.807) is 0 Å². The average Bonchev–Trinajstić information content (AvgIpc) is 2.04. The highest BCUT2D eigenvalue weighted by Gasteiger charge is 2.08. The molecular weight excluding hydrogens is 428 g/mol. The van der Waals surface area contributed by atoms with Gasteiger partial charge in [-0.2, -0.15) is 0 Å². The molecule has 72 valence electrons. The summed E-state index contributed by atoms with van der Waals surface area (Å²) < 4.78 is 1.37. The van der Waals surface area contributed by atoms with Crippen LogP contribution in [0.25, 0.3) is 0 Å². The van der Waals surface area contributed by atoms with Gasteiger partial charge in [-0.05, 0) is 29.7 Å². The van der Waals surface area contributed by atoms with E-state index in [-0.39, 0.29) is 3.74 Å². The Morgan fingerprint density at radius 3 is 2.46 bits per heavy atom. The van der Waals surface area contributed by atoms with Gasteiger partial charge in [-0.15, -0.1) is 0 Å². The van der Waals surface area contributed by atoms with Gasteiger partial charge in [0.1, 0.15) is 0 Å². The molecular formula is C9H8Br4. The Balaban J connectivity index is 3.03. The summed E-state index contributed by atoms with van der Waals surface area (Å²) in [5.74, 6) is 0. The van der Waals surface area contributed by atoms with Gasteiger partial charge in [0.2, 0.25) is 0 Å². The first-order chi connectivity index (χ1) is 6.15. The Morgan fingerprint density at radius 2 is 1.92 bits per heavy atom. The van der Waals surface area contributed by atoms with E-state index in [4.69, 9.17) is 0 Å². The first kappa shape index (κ1) is 12.2. The number of aryl methyl sites for hydroxylation is 1. The second kappa shape index (κ2) is 5.89. The Hall–Kier alpha value is 1.14. The van der Waals surface area contributed by atoms with Crippen molar-refractivity contribution in [2.75, 3.05) is 5.33 Å². The Labute approximate surface area is 112 Å². The van der Waals surface area contributed by atoms with Gasteiger partial charge in [0, 0.05) is 9.80 Å². The van der Waals surface area contributed by atoms with Crippen molar-refractivity contribution in [2.24, 2.45) is 0 Å². The largest absolute Gasteiger partial charge is 0.0949 e. The predicted octanol–water partition coefficient (Wildman–Crippen LogP) is 5.17. The van der Waals surface area contributed by atoms with Crippen molar-refractivity contribution in [3.63, 3.8) is 0 Å². The maximum absolute atomic E-state index is 3.51. The van der Waals surface area contributed by atoms with E-state index in [0.717, 1.165) is 16.2 Å². The van der Waals surface area contributed by atoms with Gasteiger partial charge in [0.15, 0.2) is 0 Å². The number of hydrogen-bond acceptors (Lipinski definition) is 0. The molecule has 0 saturated heterocycles. The zero-order valence-electron chi connectivity index (χ0n) is 6.74. The fourth-order valence-corrected chi connectivity index (χ4v) is 2.83. The van der Waals surface area contributed by atoms with Crippen LogP contribution in [0.5, 0.6) is 0 Å². The van der Waals surface area contributed by atoms with Crippen molar-refractivity contribution in [3.8, 4) is 0 Å². The number of rotatable bonds is 3. The molecule has 0 heterocycles. The van der Waals surface area contributed by atoms with E-state index < -0.39 is 0 Å². The molecule has 0 spiro atoms. The lowest BCUT2D eigenvalue weighted by atomic mass is 10.1. The molecule has 0 aliphatic heterocycles. The molecule has 0 nitrogen and oxygen atoms in total. The van der Waals surface area contributed by atoms with Crippen LogP contribution in [0.3, 0.4) is 0 Å². The summed E-state index contributed by atoms with van der Waals surface area (Å²) in [6, 6.07) is 6.34. The number of hydrogen-bond donors (Lipinski definition) is 0. The third-order valence-electron chi connectivity index (χ3n) is 1.70. The molecule has 1 aromatic rings. The summed E-state index contributed by atoms with van der Waals surface area (Å²) in [7, 11) is 0. The van der Waals surface area contributed by atoms with Crippen molar-refractivity contribution < 1.29 is 0 Å². The minimum absolute atomic E-state index is 0.238. The second-order valence-corrected chi connectivity index (χ2v) is 7.35. The van der Waals surface area contributed by atoms with Crippen LogP contribution in [0.2, 0.25) is 0 Å². The minimum Gasteiger partial charge on any atom is -0.0924 e. The predicted molar refractivity (Wildman–Crippen MR) is 72.2 cm³/mol. The smallest absolute Gasteiger partial charge is 0.0924 e. The minimum atomic E-state index is 0.238. The van der Waals surface area contributed by atoms with Crippen LogP contribution in [0.1, 0.15) is 14.9 Å². The van der Waals surface area contributed by atoms with Crippen LogP contribution < -0.4 is 0 Å². The fraction of sp³-hybridized carbons (Fsp3) is 0.333. The molecule has 0 aromatic heterocycles. The first-order valence-electron chi connectivity index (χ1n) is 3.77. The maximum atomic E-state index is 3.51. The summed E-state index contributed by atoms with van der Waals surface area (Å²) in [4.78, 5) is 0. The lowest BCUT2D eigenvalue weighted by Gasteiger charge is -2.09. The van der Waals surface area contributed by atoms with Crippen molar-refractivity contribution in [3.05, 3.63) is 33.8 Å². The fourth-order valence-electron chi connectivity index (χ4n) is 1.11. The van der Waals surface area contributed by atoms with E-state index in [2.05, 4.69) is 81.9 Å². The molecule has 1 rings (SSSR count). The number of halogens is 4. The van der Waals surface area contributed by atoms with Crippen LogP contribution in [0.15, 0.2) is 22.7 Å². The number of benzene rings is 1. The summed E-state index contributed by atoms with van der Waals surface area (Å²) in [5, 5.41) is 0.989. The average molecular weight is 436 g/mol. The SMILES string of the molecule is BrCCc1cc(Br)ccc1C(Br)Br. The van der Waals surface area contributed by atoms with E-state index in [1.807, 2.05) is 0 Å². The summed E-state index contributed by atoms with van der Waals surface area (Å²) >= 11 is 13.9. The third kappa shape index (κ3) is 3.65. The van der Waals surface area contributed by atoms with E-state index in [0.29, 0.717) is 0 Å². The van der Waals surface area contributed by atoms with Gasteiger partial charge in [-0.25, -0.2) is 0 Å². The maximum Gasteiger partial charge on any atom is 0.0949 e. The topological polar surface area (TPSA) is 0 Å². The lowest BCUT2D eigenvalue weighted by molar-refractivity contribution is 1.12. The molecule has 13 heavy (non-hydrogen) atoms. The van der Waals surface area contributed by atoms with Gasteiger partial charge in [-0.1, -0.05) is 69.8 Å². The molecule has 0 amide bonds. The second-order valence-electron chi connectivity index (χ2n) is 2.58. The van der Waals surface area contributed by atoms with Crippen LogP contribution in [-0.2, 0) is 6.42 Å². The molecule has 0 N–H and O–H groups in total. The van der Waals surface area contributed by atoms with Gasteiger partial charge in [0.05, 0.1) is 3.74 Å². The highest BCUT2D eigenvalue weighted by Crippen LogP contribution is 2.33. The van der Waals surface area contributed by atoms with E-state index >= 15 is 0 Å². The molecule has 0 aliphatic carbocycles. The Bertz CT molecular complexity index is 283. The standard InChI is InChI=1S/C9H8Br4/c10-4-3-6-5-7(11)1-2-8(6)9(12)13/h1-2,5,9H,3-4H2. The highest BCUT2D eigenvalue weighted by atomic mass is 79.9. The normalized spacial score (nSPS) is 10.8. The van der Waals surface area contributed by atoms with Gasteiger partial charge in [0.25, 0.3) is 0 Å². The number of alkyl halides is 3. The molecule has 0 aliphatic rings. The molecule has 0 bridgehead atoms. The Kier molecular flexibility index (Phi) is 5.53. The molecule has 0 atom stereocenters. The molecule has 0 fully saturated rings. The zero-order valence-corrected chi connectivity index (χ0v) is 13.1. The van der Waals surface area contributed by atoms with Crippen molar-refractivity contribution >= 4 is 63.7 Å². The lowest BCUT2D eigenvalue weighted by Crippen LogP contribution is -1.93. The molecule has 4 heteroatoms. The zero-order chi connectivity index (χ0) is 9.84. The van der Waals surface area contributed by atoms with Crippen molar-refractivity contribution in [2.45, 2.75) is 10.2 Å². The van der Waals surface area contributed by atoms with Gasteiger partial charge in [-0.3, -0.25) is 0 Å². The van der Waals surface area contributed by atoms with Crippen molar-refractivity contribution in [1.29, 1.82) is 0 Å². The van der Waals surface area contributed by atoms with E-state index in [1.165, 1.54) is 11.1 Å². The van der Waals surface area contributed by atoms with Crippen LogP contribution >= 0.6 is 63.7 Å². The first-order valence-corrected chi connectivity index (χ1v) is 7.52. The van der Waals surface area contributed by atoms with Gasteiger partial charge >= 0.3 is 0 Å². The molecule has 0 unspecified atom stereocenters. The van der Waals surface area contributed by atoms with Crippen LogP contribution in [0, 0.1) is 0 Å². The van der Waals surface area contributed by atoms with Gasteiger partial charge < -0.3 is 0 Å². The van der Waals surface area contributed by atoms with Crippen LogP contribution in [0.4, 0.5) is 0 Å². The summed E-state index contributed by atoms with van der Waals surface area (Å²) in [6.45, 7) is 0. The molecule has 0 radical (unpaired) electrons. The third-order valence-corrected chi connectivity index (χ3v) is 3.58. The molecule has 1 aromatic carbocycles. The summed E-state index contributed by atoms with van der Waals surface area (Å²) in [5.41, 5.74) is 2.65. The summed E-state index contributed by atoms with van der Waals surface area (Å²) in [6.07, 6.45) is 1.04. The van der Waals surface area contributed by atoms with E-state index in [9.17, 15) is 0 Å². The van der Waals surface area contributed by atoms with Crippen molar-refractivity contribution in [1.82, 2.24) is 0 Å². The molecule has 0 saturated carbocycles.